The topological polar surface area (TPSA) is 122 Å². The van der Waals surface area contributed by atoms with Gasteiger partial charge < -0.3 is 14.9 Å². The van der Waals surface area contributed by atoms with Crippen molar-refractivity contribution in [1.82, 2.24) is 21.0 Å². The van der Waals surface area contributed by atoms with Gasteiger partial charge in [-0.25, -0.2) is 5.43 Å². The Bertz CT molecular complexity index is 817. The van der Waals surface area contributed by atoms with E-state index in [1.54, 1.807) is 0 Å². The van der Waals surface area contributed by atoms with Gasteiger partial charge in [0, 0.05) is 5.56 Å². The fraction of sp³-hybridized carbons (Fsp3) is 0.118. The number of nitrogens with two attached hydrogens (primary N) is 1. The van der Waals surface area contributed by atoms with Crippen molar-refractivity contribution in [2.24, 2.45) is 5.73 Å². The highest BCUT2D eigenvalue weighted by Gasteiger charge is 2.08. The highest BCUT2D eigenvalue weighted by atomic mass is 16.5. The summed E-state index contributed by atoms with van der Waals surface area (Å²) in [7, 11) is 0. The maximum atomic E-state index is 7.03. The van der Waals surface area contributed by atoms with Crippen LogP contribution in [0.25, 0.3) is 11.5 Å². The lowest BCUT2D eigenvalue weighted by molar-refractivity contribution is 0.306. The summed E-state index contributed by atoms with van der Waals surface area (Å²) in [6, 6.07) is 17.4. The highest BCUT2D eigenvalue weighted by molar-refractivity contribution is 5.73. The van der Waals surface area contributed by atoms with Crippen molar-refractivity contribution in [3.05, 3.63) is 66.1 Å². The largest absolute Gasteiger partial charge is 0.489 e. The van der Waals surface area contributed by atoms with Crippen LogP contribution in [0.5, 0.6) is 5.75 Å². The van der Waals surface area contributed by atoms with Crippen LogP contribution in [0.15, 0.2) is 59.0 Å². The van der Waals surface area contributed by atoms with E-state index in [1.807, 2.05) is 54.6 Å². The fourth-order valence-electron chi connectivity index (χ4n) is 2.09. The van der Waals surface area contributed by atoms with Crippen LogP contribution in [0.4, 0.5) is 0 Å². The molecule has 8 nitrogen and oxygen atoms in total. The van der Waals surface area contributed by atoms with Crippen LogP contribution in [-0.2, 0) is 13.2 Å². The van der Waals surface area contributed by atoms with Crippen LogP contribution >= 0.6 is 0 Å². The number of benzene rings is 2. The molecule has 0 amide bonds. The number of aromatic nitrogens is 2. The Morgan fingerprint density at radius 3 is 2.56 bits per heavy atom. The van der Waals surface area contributed by atoms with Gasteiger partial charge in [-0.05, 0) is 29.8 Å². The number of ether oxygens (including phenoxy) is 1. The third-order valence-electron chi connectivity index (χ3n) is 3.28. The van der Waals surface area contributed by atoms with Crippen LogP contribution in [0.1, 0.15) is 11.5 Å². The molecule has 25 heavy (non-hydrogen) atoms. The number of hydrogen-bond acceptors (Lipinski definition) is 6. The van der Waals surface area contributed by atoms with Gasteiger partial charge >= 0.3 is 0 Å². The molecule has 0 aliphatic heterocycles. The summed E-state index contributed by atoms with van der Waals surface area (Å²) in [6.07, 6.45) is 0. The predicted octanol–water partition coefficient (Wildman–Crippen LogP) is 1.80. The Hall–Kier alpha value is -3.39. The standard InChI is InChI=1S/C17H18N6O2/c18-17(19)23-20-10-15-21-22-16(25-15)13-6-8-14(9-7-13)24-11-12-4-2-1-3-5-12/h1-9,20H,10-11H2,(H4,18,19,23). The van der Waals surface area contributed by atoms with Crippen molar-refractivity contribution in [1.29, 1.82) is 5.41 Å². The minimum Gasteiger partial charge on any atom is -0.489 e. The lowest BCUT2D eigenvalue weighted by Gasteiger charge is -2.06. The molecule has 0 saturated carbocycles. The summed E-state index contributed by atoms with van der Waals surface area (Å²) in [5.41, 5.74) is 12.2. The van der Waals surface area contributed by atoms with Crippen molar-refractivity contribution in [3.63, 3.8) is 0 Å². The van der Waals surface area contributed by atoms with Gasteiger partial charge in [-0.3, -0.25) is 10.8 Å². The van der Waals surface area contributed by atoms with Gasteiger partial charge in [0.1, 0.15) is 12.4 Å². The zero-order chi connectivity index (χ0) is 17.5. The number of nitrogens with one attached hydrogen (secondary N) is 3. The first kappa shape index (κ1) is 16.5. The number of hydrogen-bond donors (Lipinski definition) is 4. The molecule has 0 unspecified atom stereocenters. The Morgan fingerprint density at radius 2 is 1.84 bits per heavy atom. The molecule has 3 rings (SSSR count). The lowest BCUT2D eigenvalue weighted by atomic mass is 10.2. The average Bonchev–Trinajstić information content (AvgIpc) is 3.10. The first-order valence-electron chi connectivity index (χ1n) is 7.63. The molecule has 0 atom stereocenters. The second-order valence-corrected chi connectivity index (χ2v) is 5.19. The average molecular weight is 338 g/mol. The predicted molar refractivity (Wildman–Crippen MR) is 92.4 cm³/mol. The van der Waals surface area contributed by atoms with E-state index >= 15 is 0 Å². The molecule has 0 aliphatic rings. The van der Waals surface area contributed by atoms with Crippen molar-refractivity contribution < 1.29 is 9.15 Å². The van der Waals surface area contributed by atoms with Crippen LogP contribution in [0, 0.1) is 5.41 Å². The van der Waals surface area contributed by atoms with E-state index < -0.39 is 0 Å². The summed E-state index contributed by atoms with van der Waals surface area (Å²) in [5.74, 6) is 1.37. The van der Waals surface area contributed by atoms with Crippen LogP contribution in [-0.4, -0.2) is 16.2 Å². The number of hydrazine groups is 1. The van der Waals surface area contributed by atoms with Crippen molar-refractivity contribution in [2.75, 3.05) is 0 Å². The summed E-state index contributed by atoms with van der Waals surface area (Å²) >= 11 is 0. The zero-order valence-corrected chi connectivity index (χ0v) is 13.4. The molecule has 128 valence electrons. The Morgan fingerprint density at radius 1 is 1.08 bits per heavy atom. The normalized spacial score (nSPS) is 10.4. The van der Waals surface area contributed by atoms with E-state index in [9.17, 15) is 0 Å². The quantitative estimate of drug-likeness (QED) is 0.294. The maximum Gasteiger partial charge on any atom is 0.247 e. The first-order chi connectivity index (χ1) is 12.2. The van der Waals surface area contributed by atoms with Gasteiger partial charge in [0.25, 0.3) is 0 Å². The van der Waals surface area contributed by atoms with Gasteiger partial charge in [0.05, 0.1) is 6.54 Å². The monoisotopic (exact) mass is 338 g/mol. The van der Waals surface area contributed by atoms with E-state index in [4.69, 9.17) is 20.3 Å². The minimum absolute atomic E-state index is 0.189. The molecule has 0 radical (unpaired) electrons. The van der Waals surface area contributed by atoms with E-state index in [1.165, 1.54) is 0 Å². The Labute approximate surface area is 144 Å². The van der Waals surface area contributed by atoms with E-state index in [-0.39, 0.29) is 12.5 Å². The zero-order valence-electron chi connectivity index (χ0n) is 13.4. The summed E-state index contributed by atoms with van der Waals surface area (Å²) in [6.45, 7) is 0.768. The van der Waals surface area contributed by atoms with E-state index in [0.717, 1.165) is 16.9 Å². The molecule has 0 spiro atoms. The molecule has 5 N–H and O–H groups in total. The number of nitrogens with zero attached hydrogens (tertiary/aromatic N) is 2. The molecule has 0 saturated heterocycles. The maximum absolute atomic E-state index is 7.03. The number of guanidine groups is 1. The summed E-state index contributed by atoms with van der Waals surface area (Å²) in [4.78, 5) is 0. The Kier molecular flexibility index (Phi) is 5.22. The molecule has 8 heteroatoms. The van der Waals surface area contributed by atoms with Gasteiger partial charge in [-0.2, -0.15) is 0 Å². The van der Waals surface area contributed by atoms with E-state index in [0.29, 0.717) is 18.4 Å². The summed E-state index contributed by atoms with van der Waals surface area (Å²) < 4.78 is 11.3. The van der Waals surface area contributed by atoms with Crippen LogP contribution in [0.3, 0.4) is 0 Å². The van der Waals surface area contributed by atoms with Crippen molar-refractivity contribution >= 4 is 5.96 Å². The Balaban J connectivity index is 1.57. The van der Waals surface area contributed by atoms with E-state index in [2.05, 4.69) is 21.0 Å². The SMILES string of the molecule is N=C(N)NNCc1nnc(-c2ccc(OCc3ccccc3)cc2)o1. The third kappa shape index (κ3) is 4.79. The lowest BCUT2D eigenvalue weighted by Crippen LogP contribution is -2.41. The molecular formula is C17H18N6O2. The molecule has 2 aromatic carbocycles. The van der Waals surface area contributed by atoms with Crippen LogP contribution < -0.4 is 21.3 Å². The van der Waals surface area contributed by atoms with Gasteiger partial charge in [0.15, 0.2) is 5.96 Å². The van der Waals surface area contributed by atoms with Crippen LogP contribution in [0.2, 0.25) is 0 Å². The molecule has 0 fully saturated rings. The second-order valence-electron chi connectivity index (χ2n) is 5.19. The summed E-state index contributed by atoms with van der Waals surface area (Å²) in [5, 5.41) is 15.0. The van der Waals surface area contributed by atoms with Gasteiger partial charge in [-0.1, -0.05) is 30.3 Å². The first-order valence-corrected chi connectivity index (χ1v) is 7.63. The highest BCUT2D eigenvalue weighted by Crippen LogP contribution is 2.22. The molecule has 1 heterocycles. The molecule has 0 aliphatic carbocycles. The fourth-order valence-corrected chi connectivity index (χ4v) is 2.09. The minimum atomic E-state index is -0.189. The van der Waals surface area contributed by atoms with Crippen molar-refractivity contribution in [2.45, 2.75) is 13.2 Å². The molecule has 0 bridgehead atoms. The molecule has 3 aromatic rings. The third-order valence-corrected chi connectivity index (χ3v) is 3.28. The van der Waals surface area contributed by atoms with Gasteiger partial charge in [0.2, 0.25) is 11.8 Å². The smallest absolute Gasteiger partial charge is 0.247 e. The van der Waals surface area contributed by atoms with Crippen molar-refractivity contribution in [3.8, 4) is 17.2 Å². The van der Waals surface area contributed by atoms with Gasteiger partial charge in [-0.15, -0.1) is 10.2 Å². The number of rotatable bonds is 7. The molecular weight excluding hydrogens is 320 g/mol. The molecule has 1 aromatic heterocycles. The second kappa shape index (κ2) is 7.93.